The average Bonchev–Trinajstić information content (AvgIpc) is 2.63. The second kappa shape index (κ2) is 4.44. The third-order valence-corrected chi connectivity index (χ3v) is 3.77. The molecule has 1 aromatic rings. The summed E-state index contributed by atoms with van der Waals surface area (Å²) in [5.41, 5.74) is 1.72. The van der Waals surface area contributed by atoms with E-state index in [2.05, 4.69) is 5.10 Å². The van der Waals surface area contributed by atoms with Gasteiger partial charge in [-0.05, 0) is 13.3 Å². The second-order valence-corrected chi connectivity index (χ2v) is 4.74. The molecule has 98 valence electrons. The molecule has 1 aliphatic rings. The topological polar surface area (TPSA) is 75.4 Å². The van der Waals surface area contributed by atoms with Crippen LogP contribution in [0.3, 0.4) is 0 Å². The molecule has 0 spiro atoms. The SMILES string of the molecule is Cc1c(C2C(C(=O)O)CCC(=O)N2C)cnn1C. The van der Waals surface area contributed by atoms with E-state index in [1.54, 1.807) is 25.0 Å². The normalized spacial score (nSPS) is 24.4. The monoisotopic (exact) mass is 251 g/mol. The first-order valence-corrected chi connectivity index (χ1v) is 5.90. The largest absolute Gasteiger partial charge is 0.481 e. The van der Waals surface area contributed by atoms with E-state index in [1.165, 1.54) is 4.90 Å². The Labute approximate surface area is 105 Å². The molecule has 1 N–H and O–H groups in total. The maximum absolute atomic E-state index is 11.8. The van der Waals surface area contributed by atoms with Crippen molar-refractivity contribution in [3.8, 4) is 0 Å². The molecule has 2 rings (SSSR count). The second-order valence-electron chi connectivity index (χ2n) is 4.74. The van der Waals surface area contributed by atoms with E-state index >= 15 is 0 Å². The van der Waals surface area contributed by atoms with Crippen LogP contribution in [0.1, 0.15) is 30.1 Å². The van der Waals surface area contributed by atoms with Gasteiger partial charge in [0.1, 0.15) is 0 Å². The number of hydrogen-bond donors (Lipinski definition) is 1. The Morgan fingerprint density at radius 3 is 2.67 bits per heavy atom. The van der Waals surface area contributed by atoms with E-state index in [-0.39, 0.29) is 5.91 Å². The van der Waals surface area contributed by atoms with Crippen molar-refractivity contribution in [2.75, 3.05) is 7.05 Å². The fraction of sp³-hybridized carbons (Fsp3) is 0.583. The molecule has 0 aromatic carbocycles. The predicted octanol–water partition coefficient (Wildman–Crippen LogP) is 0.723. The quantitative estimate of drug-likeness (QED) is 0.840. The van der Waals surface area contributed by atoms with Gasteiger partial charge in [0.15, 0.2) is 0 Å². The summed E-state index contributed by atoms with van der Waals surface area (Å²) in [4.78, 5) is 24.6. The highest BCUT2D eigenvalue weighted by molar-refractivity contribution is 5.81. The van der Waals surface area contributed by atoms with Crippen molar-refractivity contribution in [2.45, 2.75) is 25.8 Å². The lowest BCUT2D eigenvalue weighted by molar-refractivity contribution is -0.150. The van der Waals surface area contributed by atoms with Crippen LogP contribution in [0.2, 0.25) is 0 Å². The first-order valence-electron chi connectivity index (χ1n) is 5.90. The van der Waals surface area contributed by atoms with Gasteiger partial charge in [0.05, 0.1) is 18.2 Å². The average molecular weight is 251 g/mol. The maximum Gasteiger partial charge on any atom is 0.308 e. The summed E-state index contributed by atoms with van der Waals surface area (Å²) in [7, 11) is 3.47. The Bertz CT molecular complexity index is 495. The number of aliphatic carboxylic acids is 1. The van der Waals surface area contributed by atoms with Gasteiger partial charge >= 0.3 is 5.97 Å². The summed E-state index contributed by atoms with van der Waals surface area (Å²) in [6, 6.07) is -0.419. The Kier molecular flexibility index (Phi) is 3.11. The van der Waals surface area contributed by atoms with E-state index < -0.39 is 17.9 Å². The highest BCUT2D eigenvalue weighted by atomic mass is 16.4. The first-order chi connectivity index (χ1) is 8.43. The number of likely N-dealkylation sites (tertiary alicyclic amines) is 1. The lowest BCUT2D eigenvalue weighted by Crippen LogP contribution is -2.43. The van der Waals surface area contributed by atoms with Gasteiger partial charge in [0.2, 0.25) is 5.91 Å². The minimum absolute atomic E-state index is 0.0132. The van der Waals surface area contributed by atoms with Crippen molar-refractivity contribution in [3.63, 3.8) is 0 Å². The van der Waals surface area contributed by atoms with Crippen molar-refractivity contribution in [1.29, 1.82) is 0 Å². The molecule has 18 heavy (non-hydrogen) atoms. The lowest BCUT2D eigenvalue weighted by Gasteiger charge is -2.36. The first kappa shape index (κ1) is 12.6. The zero-order valence-electron chi connectivity index (χ0n) is 10.8. The number of hydrogen-bond acceptors (Lipinski definition) is 3. The molecular formula is C12H17N3O3. The van der Waals surface area contributed by atoms with E-state index in [0.717, 1.165) is 11.3 Å². The third kappa shape index (κ3) is 1.87. The standard InChI is InChI=1S/C12H17N3O3/c1-7-9(6-13-15(7)3)11-8(12(17)18)4-5-10(16)14(11)2/h6,8,11H,4-5H2,1-3H3,(H,17,18). The van der Waals surface area contributed by atoms with Crippen LogP contribution in [0.4, 0.5) is 0 Å². The molecule has 2 atom stereocenters. The maximum atomic E-state index is 11.8. The minimum atomic E-state index is -0.859. The molecule has 0 saturated carbocycles. The highest BCUT2D eigenvalue weighted by Crippen LogP contribution is 2.36. The lowest BCUT2D eigenvalue weighted by atomic mass is 9.85. The van der Waals surface area contributed by atoms with Crippen LogP contribution in [0, 0.1) is 12.8 Å². The van der Waals surface area contributed by atoms with E-state index in [9.17, 15) is 14.7 Å². The number of aryl methyl sites for hydroxylation is 1. The molecule has 0 aliphatic carbocycles. The third-order valence-electron chi connectivity index (χ3n) is 3.77. The number of nitrogens with zero attached hydrogens (tertiary/aromatic N) is 3. The molecule has 2 heterocycles. The summed E-state index contributed by atoms with van der Waals surface area (Å²) in [6.07, 6.45) is 2.34. The summed E-state index contributed by atoms with van der Waals surface area (Å²) < 4.78 is 1.70. The van der Waals surface area contributed by atoms with Crippen molar-refractivity contribution >= 4 is 11.9 Å². The zero-order chi connectivity index (χ0) is 13.4. The van der Waals surface area contributed by atoms with Gasteiger partial charge in [-0.2, -0.15) is 5.10 Å². The number of carbonyl (C=O) groups is 2. The van der Waals surface area contributed by atoms with Gasteiger partial charge in [-0.25, -0.2) is 0 Å². The minimum Gasteiger partial charge on any atom is -0.481 e. The number of carboxylic acids is 1. The molecular weight excluding hydrogens is 234 g/mol. The van der Waals surface area contributed by atoms with Crippen molar-refractivity contribution < 1.29 is 14.7 Å². The van der Waals surface area contributed by atoms with Gasteiger partial charge in [-0.15, -0.1) is 0 Å². The van der Waals surface area contributed by atoms with Gasteiger partial charge in [0.25, 0.3) is 0 Å². The number of piperidine rings is 1. The summed E-state index contributed by atoms with van der Waals surface area (Å²) in [5, 5.41) is 13.4. The van der Waals surface area contributed by atoms with Crippen LogP contribution >= 0.6 is 0 Å². The number of carboxylic acid groups (broad SMARTS) is 1. The van der Waals surface area contributed by atoms with Crippen molar-refractivity contribution in [1.82, 2.24) is 14.7 Å². The van der Waals surface area contributed by atoms with Gasteiger partial charge < -0.3 is 10.0 Å². The summed E-state index contributed by atoms with van der Waals surface area (Å²) in [5.74, 6) is -1.43. The number of aromatic nitrogens is 2. The smallest absolute Gasteiger partial charge is 0.308 e. The fourth-order valence-electron chi connectivity index (χ4n) is 2.53. The van der Waals surface area contributed by atoms with Crippen LogP contribution in [0.5, 0.6) is 0 Å². The molecule has 1 amide bonds. The fourth-order valence-corrected chi connectivity index (χ4v) is 2.53. The van der Waals surface area contributed by atoms with E-state index in [4.69, 9.17) is 0 Å². The molecule has 1 fully saturated rings. The predicted molar refractivity (Wildman–Crippen MR) is 63.8 cm³/mol. The Balaban J connectivity index is 2.44. The molecule has 0 radical (unpaired) electrons. The molecule has 2 unspecified atom stereocenters. The van der Waals surface area contributed by atoms with E-state index in [0.29, 0.717) is 12.8 Å². The van der Waals surface area contributed by atoms with Crippen LogP contribution in [-0.2, 0) is 16.6 Å². The van der Waals surface area contributed by atoms with E-state index in [1.807, 2.05) is 6.92 Å². The van der Waals surface area contributed by atoms with Crippen LogP contribution in [0.15, 0.2) is 6.20 Å². The van der Waals surface area contributed by atoms with Gasteiger partial charge in [0, 0.05) is 31.8 Å². The summed E-state index contributed by atoms with van der Waals surface area (Å²) >= 11 is 0. The number of carbonyl (C=O) groups excluding carboxylic acids is 1. The molecule has 1 aromatic heterocycles. The molecule has 1 saturated heterocycles. The Morgan fingerprint density at radius 2 is 2.17 bits per heavy atom. The molecule has 0 bridgehead atoms. The van der Waals surface area contributed by atoms with Crippen LogP contribution in [-0.4, -0.2) is 38.7 Å². The van der Waals surface area contributed by atoms with Crippen LogP contribution in [0.25, 0.3) is 0 Å². The molecule has 6 heteroatoms. The molecule has 1 aliphatic heterocycles. The van der Waals surface area contributed by atoms with Crippen molar-refractivity contribution in [3.05, 3.63) is 17.5 Å². The van der Waals surface area contributed by atoms with Crippen molar-refractivity contribution in [2.24, 2.45) is 13.0 Å². The number of rotatable bonds is 2. The Morgan fingerprint density at radius 1 is 1.50 bits per heavy atom. The summed E-state index contributed by atoms with van der Waals surface area (Å²) in [6.45, 7) is 1.88. The van der Waals surface area contributed by atoms with Gasteiger partial charge in [-0.1, -0.05) is 0 Å². The highest BCUT2D eigenvalue weighted by Gasteiger charge is 2.40. The van der Waals surface area contributed by atoms with Crippen LogP contribution < -0.4 is 0 Å². The van der Waals surface area contributed by atoms with Gasteiger partial charge in [-0.3, -0.25) is 14.3 Å². The Hall–Kier alpha value is -1.85. The number of amides is 1. The molecule has 6 nitrogen and oxygen atoms in total. The zero-order valence-corrected chi connectivity index (χ0v) is 10.8.